The molecule has 0 aliphatic rings. The molecule has 0 saturated heterocycles. The molecule has 6 heteroatoms. The lowest BCUT2D eigenvalue weighted by Crippen LogP contribution is -2.06. The van der Waals surface area contributed by atoms with Crippen LogP contribution >= 0.6 is 11.3 Å². The van der Waals surface area contributed by atoms with Gasteiger partial charge in [0.05, 0.1) is 24.3 Å². The maximum atomic E-state index is 10.4. The van der Waals surface area contributed by atoms with Gasteiger partial charge in [0.25, 0.3) is 0 Å². The number of carbonyl (C=O) groups is 1. The predicted octanol–water partition coefficient (Wildman–Crippen LogP) is 2.73. The van der Waals surface area contributed by atoms with Crippen LogP contribution < -0.4 is 4.74 Å². The molecule has 0 unspecified atom stereocenters. The zero-order chi connectivity index (χ0) is 14.5. The van der Waals surface area contributed by atoms with Gasteiger partial charge in [-0.1, -0.05) is 0 Å². The molecule has 0 fully saturated rings. The number of aryl methyl sites for hydroxylation is 1. The third kappa shape index (κ3) is 3.55. The summed E-state index contributed by atoms with van der Waals surface area (Å²) in [6.07, 6.45) is 0. The maximum absolute atomic E-state index is 10.4. The number of aromatic nitrogens is 1. The molecule has 106 valence electrons. The number of carboxylic acids is 1. The molecule has 5 nitrogen and oxygen atoms in total. The van der Waals surface area contributed by atoms with Gasteiger partial charge in [0.15, 0.2) is 0 Å². The number of methoxy groups -OCH3 is 1. The minimum absolute atomic E-state index is 0.270. The summed E-state index contributed by atoms with van der Waals surface area (Å²) in [6.45, 7) is 1.87. The zero-order valence-electron chi connectivity index (χ0n) is 11.3. The molecule has 1 aromatic heterocycles. The van der Waals surface area contributed by atoms with E-state index in [4.69, 9.17) is 14.6 Å². The van der Waals surface area contributed by atoms with Crippen LogP contribution in [-0.4, -0.2) is 29.8 Å². The number of carboxylic acid groups (broad SMARTS) is 1. The van der Waals surface area contributed by atoms with Crippen LogP contribution in [-0.2, 0) is 16.1 Å². The van der Waals surface area contributed by atoms with E-state index in [-0.39, 0.29) is 13.2 Å². The number of rotatable bonds is 6. The Balaban J connectivity index is 2.11. The van der Waals surface area contributed by atoms with E-state index < -0.39 is 5.97 Å². The Morgan fingerprint density at radius 2 is 2.05 bits per heavy atom. The Hall–Kier alpha value is -1.92. The average Bonchev–Trinajstić information content (AvgIpc) is 2.80. The number of benzene rings is 1. The molecular formula is C14H15NO4S. The van der Waals surface area contributed by atoms with E-state index >= 15 is 0 Å². The Labute approximate surface area is 120 Å². The molecule has 1 aromatic carbocycles. The summed E-state index contributed by atoms with van der Waals surface area (Å²) in [5.41, 5.74) is 1.87. The number of hydrogen-bond acceptors (Lipinski definition) is 5. The van der Waals surface area contributed by atoms with Gasteiger partial charge < -0.3 is 14.6 Å². The molecular weight excluding hydrogens is 278 g/mol. The molecule has 0 saturated carbocycles. The van der Waals surface area contributed by atoms with Crippen molar-refractivity contribution in [1.29, 1.82) is 0 Å². The van der Waals surface area contributed by atoms with E-state index in [0.717, 1.165) is 26.9 Å². The van der Waals surface area contributed by atoms with E-state index in [0.29, 0.717) is 0 Å². The first-order valence-electron chi connectivity index (χ1n) is 6.00. The molecule has 0 bridgehead atoms. The number of hydrogen-bond donors (Lipinski definition) is 1. The second-order valence-electron chi connectivity index (χ2n) is 4.14. The van der Waals surface area contributed by atoms with Crippen LogP contribution in [0.3, 0.4) is 0 Å². The molecule has 20 heavy (non-hydrogen) atoms. The van der Waals surface area contributed by atoms with Crippen molar-refractivity contribution in [2.24, 2.45) is 0 Å². The topological polar surface area (TPSA) is 68.7 Å². The molecule has 2 rings (SSSR count). The van der Waals surface area contributed by atoms with Crippen molar-refractivity contribution in [2.45, 2.75) is 13.5 Å². The van der Waals surface area contributed by atoms with Crippen LogP contribution in [0.5, 0.6) is 5.75 Å². The summed E-state index contributed by atoms with van der Waals surface area (Å²) in [5, 5.41) is 9.43. The summed E-state index contributed by atoms with van der Waals surface area (Å²) in [6, 6.07) is 7.65. The monoisotopic (exact) mass is 293 g/mol. The van der Waals surface area contributed by atoms with Crippen molar-refractivity contribution in [2.75, 3.05) is 13.7 Å². The second kappa shape index (κ2) is 6.49. The van der Waals surface area contributed by atoms with E-state index in [1.54, 1.807) is 7.11 Å². The Bertz CT molecular complexity index is 592. The van der Waals surface area contributed by atoms with Crippen LogP contribution in [0.25, 0.3) is 10.6 Å². The lowest BCUT2D eigenvalue weighted by Gasteiger charge is -2.00. The van der Waals surface area contributed by atoms with Crippen molar-refractivity contribution in [3.05, 3.63) is 34.8 Å². The van der Waals surface area contributed by atoms with Crippen molar-refractivity contribution in [3.8, 4) is 16.3 Å². The van der Waals surface area contributed by atoms with E-state index in [1.165, 1.54) is 11.3 Å². The Kier molecular flexibility index (Phi) is 4.70. The van der Waals surface area contributed by atoms with Gasteiger partial charge in [-0.25, -0.2) is 9.78 Å². The normalized spacial score (nSPS) is 10.5. The Morgan fingerprint density at radius 1 is 1.35 bits per heavy atom. The lowest BCUT2D eigenvalue weighted by molar-refractivity contribution is -0.142. The molecule has 0 spiro atoms. The number of aliphatic carboxylic acids is 1. The standard InChI is InChI=1S/C14H15NO4S/c1-9-12(7-19-8-13(16)17)20-14(15-9)10-3-5-11(18-2)6-4-10/h3-6H,7-8H2,1-2H3,(H,16,17). The van der Waals surface area contributed by atoms with Crippen LogP contribution in [0.4, 0.5) is 0 Å². The van der Waals surface area contributed by atoms with E-state index in [2.05, 4.69) is 4.98 Å². The molecule has 0 aliphatic heterocycles. The highest BCUT2D eigenvalue weighted by Gasteiger charge is 2.10. The lowest BCUT2D eigenvalue weighted by atomic mass is 10.2. The average molecular weight is 293 g/mol. The zero-order valence-corrected chi connectivity index (χ0v) is 12.1. The fourth-order valence-corrected chi connectivity index (χ4v) is 2.66. The predicted molar refractivity (Wildman–Crippen MR) is 76.1 cm³/mol. The minimum atomic E-state index is -0.970. The van der Waals surface area contributed by atoms with Crippen molar-refractivity contribution in [3.63, 3.8) is 0 Å². The quantitative estimate of drug-likeness (QED) is 0.887. The highest BCUT2D eigenvalue weighted by molar-refractivity contribution is 7.15. The summed E-state index contributed by atoms with van der Waals surface area (Å²) in [4.78, 5) is 15.8. The third-order valence-corrected chi connectivity index (χ3v) is 3.87. The molecule has 1 N–H and O–H groups in total. The molecule has 1 heterocycles. The summed E-state index contributed by atoms with van der Waals surface area (Å²) >= 11 is 1.51. The van der Waals surface area contributed by atoms with Crippen molar-refractivity contribution < 1.29 is 19.4 Å². The fraction of sp³-hybridized carbons (Fsp3) is 0.286. The van der Waals surface area contributed by atoms with E-state index in [9.17, 15) is 4.79 Å². The fourth-order valence-electron chi connectivity index (χ4n) is 1.65. The first-order valence-corrected chi connectivity index (χ1v) is 6.82. The molecule has 0 aliphatic carbocycles. The molecule has 0 atom stereocenters. The van der Waals surface area contributed by atoms with Crippen LogP contribution in [0.1, 0.15) is 10.6 Å². The number of ether oxygens (including phenoxy) is 2. The Morgan fingerprint density at radius 3 is 2.65 bits per heavy atom. The third-order valence-electron chi connectivity index (χ3n) is 2.69. The van der Waals surface area contributed by atoms with Crippen LogP contribution in [0.15, 0.2) is 24.3 Å². The number of nitrogens with zero attached hydrogens (tertiary/aromatic N) is 1. The first-order chi connectivity index (χ1) is 9.60. The van der Waals surface area contributed by atoms with Gasteiger partial charge >= 0.3 is 5.97 Å². The van der Waals surface area contributed by atoms with Gasteiger partial charge in [-0.05, 0) is 31.2 Å². The highest BCUT2D eigenvalue weighted by atomic mass is 32.1. The van der Waals surface area contributed by atoms with E-state index in [1.807, 2.05) is 31.2 Å². The van der Waals surface area contributed by atoms with Crippen molar-refractivity contribution >= 4 is 17.3 Å². The molecule has 2 aromatic rings. The minimum Gasteiger partial charge on any atom is -0.497 e. The summed E-state index contributed by atoms with van der Waals surface area (Å²) < 4.78 is 10.2. The highest BCUT2D eigenvalue weighted by Crippen LogP contribution is 2.29. The van der Waals surface area contributed by atoms with Gasteiger partial charge in [0.2, 0.25) is 0 Å². The largest absolute Gasteiger partial charge is 0.497 e. The first kappa shape index (κ1) is 14.5. The van der Waals surface area contributed by atoms with Gasteiger partial charge in [0, 0.05) is 5.56 Å². The van der Waals surface area contributed by atoms with Gasteiger partial charge in [-0.15, -0.1) is 11.3 Å². The smallest absolute Gasteiger partial charge is 0.329 e. The van der Waals surface area contributed by atoms with Crippen LogP contribution in [0, 0.1) is 6.92 Å². The molecule has 0 amide bonds. The SMILES string of the molecule is COc1ccc(-c2nc(C)c(COCC(=O)O)s2)cc1. The van der Waals surface area contributed by atoms with Crippen molar-refractivity contribution in [1.82, 2.24) is 4.98 Å². The maximum Gasteiger partial charge on any atom is 0.329 e. The summed E-state index contributed by atoms with van der Waals surface area (Å²) in [7, 11) is 1.63. The molecule has 0 radical (unpaired) electrons. The van der Waals surface area contributed by atoms with Gasteiger partial charge in [0.1, 0.15) is 17.4 Å². The van der Waals surface area contributed by atoms with Gasteiger partial charge in [-0.3, -0.25) is 0 Å². The van der Waals surface area contributed by atoms with Crippen LogP contribution in [0.2, 0.25) is 0 Å². The number of thiazole rings is 1. The van der Waals surface area contributed by atoms with Gasteiger partial charge in [-0.2, -0.15) is 0 Å². The summed E-state index contributed by atoms with van der Waals surface area (Å²) in [5.74, 6) is -0.172. The second-order valence-corrected chi connectivity index (χ2v) is 5.23.